The van der Waals surface area contributed by atoms with E-state index in [0.717, 1.165) is 5.56 Å². The van der Waals surface area contributed by atoms with Gasteiger partial charge in [0.1, 0.15) is 4.88 Å². The van der Waals surface area contributed by atoms with Crippen LogP contribution < -0.4 is 5.73 Å². The van der Waals surface area contributed by atoms with Crippen molar-refractivity contribution >= 4 is 17.3 Å². The summed E-state index contributed by atoms with van der Waals surface area (Å²) in [5.41, 5.74) is 6.53. The Morgan fingerprint density at radius 1 is 1.79 bits per heavy atom. The molecule has 14 heavy (non-hydrogen) atoms. The fourth-order valence-electron chi connectivity index (χ4n) is 1.16. The van der Waals surface area contributed by atoms with Gasteiger partial charge in [-0.05, 0) is 23.4 Å². The molecule has 1 atom stereocenters. The molecule has 0 saturated carbocycles. The van der Waals surface area contributed by atoms with Crippen LogP contribution >= 0.6 is 11.3 Å². The molecule has 1 aromatic rings. The molecule has 1 rings (SSSR count). The lowest BCUT2D eigenvalue weighted by molar-refractivity contribution is 0.0604. The molecule has 0 amide bonds. The average molecular weight is 215 g/mol. The van der Waals surface area contributed by atoms with Gasteiger partial charge in [0.05, 0.1) is 7.11 Å². The number of carbonyl (C=O) groups excluding carboxylic acids is 1. The SMILES string of the molecule is COC(=O)c1sccc1C(N)CCO. The number of rotatable bonds is 4. The number of aliphatic hydroxyl groups is 1. The van der Waals surface area contributed by atoms with Crippen molar-refractivity contribution in [2.24, 2.45) is 5.73 Å². The Balaban J connectivity index is 2.86. The molecule has 1 unspecified atom stereocenters. The van der Waals surface area contributed by atoms with E-state index in [1.807, 2.05) is 0 Å². The van der Waals surface area contributed by atoms with Gasteiger partial charge < -0.3 is 15.6 Å². The summed E-state index contributed by atoms with van der Waals surface area (Å²) >= 11 is 1.30. The lowest BCUT2D eigenvalue weighted by atomic mass is 10.1. The van der Waals surface area contributed by atoms with Gasteiger partial charge in [0.15, 0.2) is 0 Å². The zero-order valence-corrected chi connectivity index (χ0v) is 8.71. The summed E-state index contributed by atoms with van der Waals surface area (Å²) in [7, 11) is 1.34. The quantitative estimate of drug-likeness (QED) is 0.732. The summed E-state index contributed by atoms with van der Waals surface area (Å²) in [6.07, 6.45) is 0.445. The number of aliphatic hydroxyl groups excluding tert-OH is 1. The normalized spacial score (nSPS) is 12.5. The molecule has 1 aromatic heterocycles. The third kappa shape index (κ3) is 2.31. The Labute approximate surface area is 86.3 Å². The molecule has 0 aliphatic carbocycles. The second kappa shape index (κ2) is 5.09. The molecule has 0 saturated heterocycles. The van der Waals surface area contributed by atoms with Crippen LogP contribution in [-0.2, 0) is 4.74 Å². The van der Waals surface area contributed by atoms with Crippen LogP contribution in [-0.4, -0.2) is 24.8 Å². The topological polar surface area (TPSA) is 72.5 Å². The van der Waals surface area contributed by atoms with Gasteiger partial charge >= 0.3 is 5.97 Å². The van der Waals surface area contributed by atoms with E-state index in [1.54, 1.807) is 11.4 Å². The number of nitrogens with two attached hydrogens (primary N) is 1. The minimum atomic E-state index is -0.372. The monoisotopic (exact) mass is 215 g/mol. The van der Waals surface area contributed by atoms with Crippen molar-refractivity contribution in [2.75, 3.05) is 13.7 Å². The highest BCUT2D eigenvalue weighted by Crippen LogP contribution is 2.24. The summed E-state index contributed by atoms with van der Waals surface area (Å²) in [5.74, 6) is -0.372. The van der Waals surface area contributed by atoms with Crippen molar-refractivity contribution in [3.8, 4) is 0 Å². The number of hydrogen-bond donors (Lipinski definition) is 2. The maximum absolute atomic E-state index is 11.3. The second-order valence-corrected chi connectivity index (χ2v) is 3.73. The molecule has 4 nitrogen and oxygen atoms in total. The van der Waals surface area contributed by atoms with E-state index >= 15 is 0 Å². The summed E-state index contributed by atoms with van der Waals surface area (Å²) < 4.78 is 4.62. The third-order valence-corrected chi connectivity index (χ3v) is 2.82. The predicted molar refractivity (Wildman–Crippen MR) is 54.3 cm³/mol. The van der Waals surface area contributed by atoms with E-state index in [1.165, 1.54) is 18.4 Å². The van der Waals surface area contributed by atoms with E-state index in [0.29, 0.717) is 11.3 Å². The molecule has 0 aliphatic rings. The van der Waals surface area contributed by atoms with E-state index in [4.69, 9.17) is 10.8 Å². The molecule has 5 heteroatoms. The zero-order valence-electron chi connectivity index (χ0n) is 7.90. The summed E-state index contributed by atoms with van der Waals surface area (Å²) in [5, 5.41) is 10.5. The summed E-state index contributed by atoms with van der Waals surface area (Å²) in [6, 6.07) is 1.48. The molecule has 0 bridgehead atoms. The van der Waals surface area contributed by atoms with E-state index in [9.17, 15) is 4.79 Å². The average Bonchev–Trinajstić information content (AvgIpc) is 2.65. The largest absolute Gasteiger partial charge is 0.465 e. The Morgan fingerprint density at radius 3 is 3.07 bits per heavy atom. The Hall–Kier alpha value is -0.910. The molecule has 3 N–H and O–H groups in total. The van der Waals surface area contributed by atoms with Crippen LogP contribution in [0.2, 0.25) is 0 Å². The van der Waals surface area contributed by atoms with Gasteiger partial charge in [0.25, 0.3) is 0 Å². The highest BCUT2D eigenvalue weighted by atomic mass is 32.1. The molecule has 0 aliphatic heterocycles. The molecule has 0 aromatic carbocycles. The van der Waals surface area contributed by atoms with Crippen LogP contribution in [0.25, 0.3) is 0 Å². The lowest BCUT2D eigenvalue weighted by Crippen LogP contribution is -2.14. The van der Waals surface area contributed by atoms with Crippen molar-refractivity contribution in [1.29, 1.82) is 0 Å². The first kappa shape index (κ1) is 11.2. The second-order valence-electron chi connectivity index (χ2n) is 2.82. The molecule has 1 heterocycles. The van der Waals surface area contributed by atoms with Crippen molar-refractivity contribution in [3.05, 3.63) is 21.9 Å². The summed E-state index contributed by atoms with van der Waals surface area (Å²) in [6.45, 7) is 0.0115. The molecule has 0 radical (unpaired) electrons. The van der Waals surface area contributed by atoms with Crippen LogP contribution in [0, 0.1) is 0 Å². The van der Waals surface area contributed by atoms with Crippen molar-refractivity contribution in [1.82, 2.24) is 0 Å². The highest BCUT2D eigenvalue weighted by Gasteiger charge is 2.17. The minimum Gasteiger partial charge on any atom is -0.465 e. The van der Waals surface area contributed by atoms with Crippen molar-refractivity contribution < 1.29 is 14.6 Å². The van der Waals surface area contributed by atoms with Crippen LogP contribution in [0.3, 0.4) is 0 Å². The molecular formula is C9H13NO3S. The number of hydrogen-bond acceptors (Lipinski definition) is 5. The van der Waals surface area contributed by atoms with E-state index in [-0.39, 0.29) is 18.6 Å². The van der Waals surface area contributed by atoms with Gasteiger partial charge in [-0.3, -0.25) is 0 Å². The van der Waals surface area contributed by atoms with Crippen molar-refractivity contribution in [2.45, 2.75) is 12.5 Å². The fraction of sp³-hybridized carbons (Fsp3) is 0.444. The third-order valence-electron chi connectivity index (χ3n) is 1.91. The smallest absolute Gasteiger partial charge is 0.348 e. The standard InChI is InChI=1S/C9H13NO3S/c1-13-9(12)8-6(3-5-14-8)7(10)2-4-11/h3,5,7,11H,2,4,10H2,1H3. The van der Waals surface area contributed by atoms with Crippen LogP contribution in [0.1, 0.15) is 27.7 Å². The number of thiophene rings is 1. The number of esters is 1. The highest BCUT2D eigenvalue weighted by molar-refractivity contribution is 7.12. The minimum absolute atomic E-state index is 0.0115. The zero-order chi connectivity index (χ0) is 10.6. The number of methoxy groups -OCH3 is 1. The Morgan fingerprint density at radius 2 is 2.50 bits per heavy atom. The van der Waals surface area contributed by atoms with Crippen molar-refractivity contribution in [3.63, 3.8) is 0 Å². The van der Waals surface area contributed by atoms with Gasteiger partial charge in [-0.1, -0.05) is 0 Å². The first-order valence-electron chi connectivity index (χ1n) is 4.22. The van der Waals surface area contributed by atoms with Gasteiger partial charge in [-0.2, -0.15) is 0 Å². The van der Waals surface area contributed by atoms with E-state index < -0.39 is 0 Å². The van der Waals surface area contributed by atoms with Crippen LogP contribution in [0.5, 0.6) is 0 Å². The van der Waals surface area contributed by atoms with Crippen LogP contribution in [0.4, 0.5) is 0 Å². The maximum Gasteiger partial charge on any atom is 0.348 e. The summed E-state index contributed by atoms with van der Waals surface area (Å²) in [4.78, 5) is 11.8. The number of carbonyl (C=O) groups is 1. The molecule has 78 valence electrons. The molecule has 0 fully saturated rings. The fourth-order valence-corrected chi connectivity index (χ4v) is 2.05. The van der Waals surface area contributed by atoms with Crippen LogP contribution in [0.15, 0.2) is 11.4 Å². The Kier molecular flexibility index (Phi) is 4.06. The van der Waals surface area contributed by atoms with Gasteiger partial charge in [-0.15, -0.1) is 11.3 Å². The van der Waals surface area contributed by atoms with Gasteiger partial charge in [0.2, 0.25) is 0 Å². The first-order chi connectivity index (χ1) is 6.70. The molecule has 0 spiro atoms. The van der Waals surface area contributed by atoms with Gasteiger partial charge in [-0.25, -0.2) is 4.79 Å². The lowest BCUT2D eigenvalue weighted by Gasteiger charge is -2.09. The van der Waals surface area contributed by atoms with Gasteiger partial charge in [0, 0.05) is 12.6 Å². The number of ether oxygens (including phenoxy) is 1. The first-order valence-corrected chi connectivity index (χ1v) is 5.10. The molecular weight excluding hydrogens is 202 g/mol. The Bertz CT molecular complexity index is 311. The predicted octanol–water partition coefficient (Wildman–Crippen LogP) is 0.917. The van der Waals surface area contributed by atoms with E-state index in [2.05, 4.69) is 4.74 Å². The maximum atomic E-state index is 11.3.